The number of pyridine rings is 1. The Morgan fingerprint density at radius 1 is 1.19 bits per heavy atom. The fraction of sp³-hybridized carbons (Fsp3) is 0.400. The van der Waals surface area contributed by atoms with Crippen molar-refractivity contribution in [2.24, 2.45) is 5.92 Å². The number of aromatic nitrogens is 1. The Morgan fingerprint density at radius 2 is 1.87 bits per heavy atom. The number of hydrogen-bond acceptors (Lipinski definition) is 4. The molecule has 6 heteroatoms. The fourth-order valence-electron chi connectivity index (χ4n) is 4.03. The third kappa shape index (κ3) is 5.51. The summed E-state index contributed by atoms with van der Waals surface area (Å²) in [7, 11) is 3.47. The van der Waals surface area contributed by atoms with Crippen LogP contribution in [0.2, 0.25) is 0 Å². The van der Waals surface area contributed by atoms with E-state index in [4.69, 9.17) is 4.74 Å². The maximum atomic E-state index is 13.0. The number of carbonyl (C=O) groups is 2. The van der Waals surface area contributed by atoms with Crippen LogP contribution in [-0.4, -0.2) is 53.8 Å². The van der Waals surface area contributed by atoms with Crippen LogP contribution < -0.4 is 4.74 Å². The molecule has 2 amide bonds. The van der Waals surface area contributed by atoms with Gasteiger partial charge in [-0.3, -0.25) is 14.6 Å². The first kappa shape index (κ1) is 22.5. The number of ether oxygens (including phenoxy) is 1. The molecule has 1 fully saturated rings. The third-order valence-electron chi connectivity index (χ3n) is 5.89. The number of hydrogen-bond donors (Lipinski definition) is 0. The molecule has 2 heterocycles. The zero-order chi connectivity index (χ0) is 22.4. The van der Waals surface area contributed by atoms with Crippen LogP contribution in [0.5, 0.6) is 5.75 Å². The summed E-state index contributed by atoms with van der Waals surface area (Å²) in [6.45, 7) is 5.57. The van der Waals surface area contributed by atoms with Gasteiger partial charge in [0.15, 0.2) is 0 Å². The lowest BCUT2D eigenvalue weighted by Crippen LogP contribution is -2.43. The summed E-state index contributed by atoms with van der Waals surface area (Å²) >= 11 is 0. The third-order valence-corrected chi connectivity index (χ3v) is 5.89. The predicted molar refractivity (Wildman–Crippen MR) is 122 cm³/mol. The molecule has 164 valence electrons. The van der Waals surface area contributed by atoms with Crippen LogP contribution in [0.3, 0.4) is 0 Å². The van der Waals surface area contributed by atoms with E-state index in [0.29, 0.717) is 32.5 Å². The molecule has 6 nitrogen and oxygen atoms in total. The summed E-state index contributed by atoms with van der Waals surface area (Å²) in [5, 5.41) is 0. The van der Waals surface area contributed by atoms with E-state index >= 15 is 0 Å². The minimum absolute atomic E-state index is 0.00492. The van der Waals surface area contributed by atoms with Crippen LogP contribution in [0.1, 0.15) is 35.2 Å². The quantitative estimate of drug-likeness (QED) is 0.669. The van der Waals surface area contributed by atoms with Crippen LogP contribution in [0.25, 0.3) is 6.08 Å². The van der Waals surface area contributed by atoms with Gasteiger partial charge in [-0.1, -0.05) is 30.3 Å². The summed E-state index contributed by atoms with van der Waals surface area (Å²) in [5.74, 6) is 0.850. The predicted octanol–water partition coefficient (Wildman–Crippen LogP) is 3.62. The Hall–Kier alpha value is -3.15. The number of carbonyl (C=O) groups excluding carboxylic acids is 2. The highest BCUT2D eigenvalue weighted by Crippen LogP contribution is 2.26. The maximum absolute atomic E-state index is 13.0. The van der Waals surface area contributed by atoms with E-state index in [1.807, 2.05) is 62.2 Å². The maximum Gasteiger partial charge on any atom is 0.246 e. The summed E-state index contributed by atoms with van der Waals surface area (Å²) in [6, 6.07) is 9.77. The van der Waals surface area contributed by atoms with Crippen molar-refractivity contribution < 1.29 is 14.3 Å². The molecule has 31 heavy (non-hydrogen) atoms. The molecule has 3 rings (SSSR count). The van der Waals surface area contributed by atoms with Crippen LogP contribution >= 0.6 is 0 Å². The first-order chi connectivity index (χ1) is 14.9. The van der Waals surface area contributed by atoms with E-state index in [0.717, 1.165) is 28.1 Å². The van der Waals surface area contributed by atoms with Crippen molar-refractivity contribution in [3.8, 4) is 5.75 Å². The molecule has 0 radical (unpaired) electrons. The number of methoxy groups -OCH3 is 1. The molecule has 1 saturated heterocycles. The fourth-order valence-corrected chi connectivity index (χ4v) is 4.03. The van der Waals surface area contributed by atoms with E-state index in [1.165, 1.54) is 0 Å². The second kappa shape index (κ2) is 10.2. The van der Waals surface area contributed by atoms with Gasteiger partial charge in [-0.25, -0.2) is 0 Å². The summed E-state index contributed by atoms with van der Waals surface area (Å²) in [6.07, 6.45) is 6.59. The van der Waals surface area contributed by atoms with E-state index in [2.05, 4.69) is 4.98 Å². The molecule has 1 aromatic heterocycles. The van der Waals surface area contributed by atoms with E-state index in [1.54, 1.807) is 24.3 Å². The van der Waals surface area contributed by atoms with Gasteiger partial charge in [0.25, 0.3) is 0 Å². The zero-order valence-corrected chi connectivity index (χ0v) is 18.8. The second-order valence-corrected chi connectivity index (χ2v) is 8.08. The molecule has 0 bridgehead atoms. The zero-order valence-electron chi connectivity index (χ0n) is 18.8. The highest BCUT2D eigenvalue weighted by atomic mass is 16.5. The number of benzene rings is 1. The Bertz CT molecular complexity index is 948. The van der Waals surface area contributed by atoms with Crippen molar-refractivity contribution >= 4 is 17.9 Å². The van der Waals surface area contributed by atoms with Crippen LogP contribution in [0.15, 0.2) is 42.6 Å². The van der Waals surface area contributed by atoms with Crippen LogP contribution in [0, 0.1) is 19.8 Å². The summed E-state index contributed by atoms with van der Waals surface area (Å²) in [5.41, 5.74) is 3.79. The first-order valence-corrected chi connectivity index (χ1v) is 10.7. The standard InChI is InChI=1S/C25H31N3O3/c1-18-16-26-22(19(2)24(18)31-4)17-27(3)25(30)21-12-14-28(15-13-21)23(29)11-10-20-8-6-5-7-9-20/h5-11,16,21H,12-15,17H2,1-4H3/b11-10+. The molecule has 0 saturated carbocycles. The van der Waals surface area contributed by atoms with E-state index < -0.39 is 0 Å². The highest BCUT2D eigenvalue weighted by Gasteiger charge is 2.29. The minimum atomic E-state index is -0.0696. The Balaban J connectivity index is 1.54. The second-order valence-electron chi connectivity index (χ2n) is 8.08. The number of aryl methyl sites for hydroxylation is 1. The van der Waals surface area contributed by atoms with Gasteiger partial charge in [-0.05, 0) is 38.3 Å². The number of rotatable bonds is 6. The molecule has 0 spiro atoms. The molecule has 1 aliphatic heterocycles. The Kier molecular flexibility index (Phi) is 7.45. The van der Waals surface area contributed by atoms with Crippen molar-refractivity contribution in [3.05, 3.63) is 65.0 Å². The summed E-state index contributed by atoms with van der Waals surface area (Å²) < 4.78 is 5.47. The molecule has 1 aliphatic rings. The van der Waals surface area contributed by atoms with Crippen LogP contribution in [-0.2, 0) is 16.1 Å². The van der Waals surface area contributed by atoms with Crippen LogP contribution in [0.4, 0.5) is 0 Å². The average molecular weight is 422 g/mol. The van der Waals surface area contributed by atoms with E-state index in [-0.39, 0.29) is 17.7 Å². The largest absolute Gasteiger partial charge is 0.496 e. The molecule has 0 atom stereocenters. The lowest BCUT2D eigenvalue weighted by atomic mass is 9.95. The van der Waals surface area contributed by atoms with Crippen molar-refractivity contribution in [1.82, 2.24) is 14.8 Å². The SMILES string of the molecule is COc1c(C)cnc(CN(C)C(=O)C2CCN(C(=O)/C=C/c3ccccc3)CC2)c1C. The Labute approximate surface area is 184 Å². The van der Waals surface area contributed by atoms with Crippen molar-refractivity contribution in [2.75, 3.05) is 27.2 Å². The molecule has 0 unspecified atom stereocenters. The van der Waals surface area contributed by atoms with E-state index in [9.17, 15) is 9.59 Å². The molecule has 1 aromatic carbocycles. The van der Waals surface area contributed by atoms with Gasteiger partial charge in [-0.15, -0.1) is 0 Å². The topological polar surface area (TPSA) is 62.7 Å². The molecular formula is C25H31N3O3. The highest BCUT2D eigenvalue weighted by molar-refractivity contribution is 5.92. The van der Waals surface area contributed by atoms with Gasteiger partial charge in [-0.2, -0.15) is 0 Å². The average Bonchev–Trinajstić information content (AvgIpc) is 2.80. The molecular weight excluding hydrogens is 390 g/mol. The monoisotopic (exact) mass is 421 g/mol. The lowest BCUT2D eigenvalue weighted by molar-refractivity contribution is -0.138. The molecule has 0 N–H and O–H groups in total. The number of piperidine rings is 1. The molecule has 0 aliphatic carbocycles. The lowest BCUT2D eigenvalue weighted by Gasteiger charge is -2.32. The van der Waals surface area contributed by atoms with Gasteiger partial charge in [0.05, 0.1) is 19.3 Å². The normalized spacial score (nSPS) is 14.6. The summed E-state index contributed by atoms with van der Waals surface area (Å²) in [4.78, 5) is 33.5. The molecule has 2 aromatic rings. The van der Waals surface area contributed by atoms with Gasteiger partial charge in [0.1, 0.15) is 5.75 Å². The Morgan fingerprint density at radius 3 is 2.52 bits per heavy atom. The van der Waals surface area contributed by atoms with Crippen molar-refractivity contribution in [2.45, 2.75) is 33.2 Å². The number of amides is 2. The smallest absolute Gasteiger partial charge is 0.246 e. The van der Waals surface area contributed by atoms with Gasteiger partial charge in [0.2, 0.25) is 11.8 Å². The number of nitrogens with zero attached hydrogens (tertiary/aromatic N) is 3. The minimum Gasteiger partial charge on any atom is -0.496 e. The van der Waals surface area contributed by atoms with Crippen molar-refractivity contribution in [1.29, 1.82) is 0 Å². The van der Waals surface area contributed by atoms with Gasteiger partial charge < -0.3 is 14.5 Å². The first-order valence-electron chi connectivity index (χ1n) is 10.7. The van der Waals surface area contributed by atoms with Gasteiger partial charge in [0, 0.05) is 49.5 Å². The van der Waals surface area contributed by atoms with Gasteiger partial charge >= 0.3 is 0 Å². The van der Waals surface area contributed by atoms with Crippen molar-refractivity contribution in [3.63, 3.8) is 0 Å². The number of likely N-dealkylation sites (tertiary alicyclic amines) is 1.